The standard InChI is InChI=1S/C17H16N2O/c1-20-17-9-5-4-8-16(17)18-12-14-11-10-13-6-2-3-7-15(13)19-14/h2-11,18H,12H2,1H3. The summed E-state index contributed by atoms with van der Waals surface area (Å²) >= 11 is 0. The highest BCUT2D eigenvalue weighted by Crippen LogP contribution is 2.23. The van der Waals surface area contributed by atoms with E-state index in [0.29, 0.717) is 6.54 Å². The molecular formula is C17H16N2O. The van der Waals surface area contributed by atoms with Crippen LogP contribution in [0, 0.1) is 0 Å². The number of benzene rings is 2. The van der Waals surface area contributed by atoms with Crippen molar-refractivity contribution in [3.8, 4) is 5.75 Å². The summed E-state index contributed by atoms with van der Waals surface area (Å²) < 4.78 is 5.32. The first-order valence-electron chi connectivity index (χ1n) is 6.58. The summed E-state index contributed by atoms with van der Waals surface area (Å²) in [6, 6.07) is 20.2. The van der Waals surface area contributed by atoms with Crippen LogP contribution in [-0.4, -0.2) is 12.1 Å². The zero-order chi connectivity index (χ0) is 13.8. The second-order valence-corrected chi connectivity index (χ2v) is 4.55. The Morgan fingerprint density at radius 3 is 2.65 bits per heavy atom. The first-order valence-corrected chi connectivity index (χ1v) is 6.58. The molecule has 0 aliphatic heterocycles. The second-order valence-electron chi connectivity index (χ2n) is 4.55. The SMILES string of the molecule is COc1ccccc1NCc1ccc2ccccc2n1. The van der Waals surface area contributed by atoms with Gasteiger partial charge in [-0.3, -0.25) is 4.98 Å². The molecular weight excluding hydrogens is 248 g/mol. The Kier molecular flexibility index (Phi) is 3.50. The summed E-state index contributed by atoms with van der Waals surface area (Å²) in [5.74, 6) is 0.841. The van der Waals surface area contributed by atoms with Crippen LogP contribution >= 0.6 is 0 Å². The first kappa shape index (κ1) is 12.5. The smallest absolute Gasteiger partial charge is 0.141 e. The Balaban J connectivity index is 1.79. The number of hydrogen-bond acceptors (Lipinski definition) is 3. The maximum Gasteiger partial charge on any atom is 0.141 e. The molecule has 1 heterocycles. The molecule has 0 fully saturated rings. The van der Waals surface area contributed by atoms with Crippen LogP contribution in [0.25, 0.3) is 10.9 Å². The molecule has 1 N–H and O–H groups in total. The van der Waals surface area contributed by atoms with Gasteiger partial charge in [-0.05, 0) is 24.3 Å². The van der Waals surface area contributed by atoms with E-state index in [1.165, 1.54) is 0 Å². The van der Waals surface area contributed by atoms with Gasteiger partial charge in [0, 0.05) is 5.39 Å². The number of nitrogens with zero attached hydrogens (tertiary/aromatic N) is 1. The van der Waals surface area contributed by atoms with Crippen molar-refractivity contribution in [2.24, 2.45) is 0 Å². The third kappa shape index (κ3) is 2.57. The third-order valence-corrected chi connectivity index (χ3v) is 3.22. The molecule has 0 spiro atoms. The van der Waals surface area contributed by atoms with E-state index in [2.05, 4.69) is 22.4 Å². The Hall–Kier alpha value is -2.55. The van der Waals surface area contributed by atoms with E-state index in [1.807, 2.05) is 48.5 Å². The molecule has 3 nitrogen and oxygen atoms in total. The number of para-hydroxylation sites is 3. The molecule has 0 bridgehead atoms. The van der Waals surface area contributed by atoms with Gasteiger partial charge in [-0.15, -0.1) is 0 Å². The fourth-order valence-corrected chi connectivity index (χ4v) is 2.18. The lowest BCUT2D eigenvalue weighted by molar-refractivity contribution is 0.416. The number of hydrogen-bond donors (Lipinski definition) is 1. The molecule has 0 amide bonds. The van der Waals surface area contributed by atoms with Crippen molar-refractivity contribution in [3.05, 3.63) is 66.4 Å². The lowest BCUT2D eigenvalue weighted by Crippen LogP contribution is -2.03. The van der Waals surface area contributed by atoms with E-state index in [0.717, 1.165) is 28.0 Å². The Morgan fingerprint density at radius 1 is 0.950 bits per heavy atom. The molecule has 3 aromatic rings. The molecule has 0 aliphatic carbocycles. The average molecular weight is 264 g/mol. The number of aromatic nitrogens is 1. The molecule has 0 radical (unpaired) electrons. The fourth-order valence-electron chi connectivity index (χ4n) is 2.18. The fraction of sp³-hybridized carbons (Fsp3) is 0.118. The molecule has 0 unspecified atom stereocenters. The van der Waals surface area contributed by atoms with Crippen LogP contribution in [0.3, 0.4) is 0 Å². The number of pyridine rings is 1. The quantitative estimate of drug-likeness (QED) is 0.777. The summed E-state index contributed by atoms with van der Waals surface area (Å²) in [6.45, 7) is 0.672. The van der Waals surface area contributed by atoms with E-state index in [1.54, 1.807) is 7.11 Å². The summed E-state index contributed by atoms with van der Waals surface area (Å²) in [5.41, 5.74) is 3.01. The largest absolute Gasteiger partial charge is 0.495 e. The van der Waals surface area contributed by atoms with E-state index >= 15 is 0 Å². The molecule has 3 heteroatoms. The van der Waals surface area contributed by atoms with Crippen molar-refractivity contribution < 1.29 is 4.74 Å². The third-order valence-electron chi connectivity index (χ3n) is 3.22. The Bertz CT molecular complexity index is 725. The maximum atomic E-state index is 5.32. The van der Waals surface area contributed by atoms with Gasteiger partial charge in [0.1, 0.15) is 5.75 Å². The molecule has 20 heavy (non-hydrogen) atoms. The molecule has 1 aromatic heterocycles. The minimum absolute atomic E-state index is 0.672. The van der Waals surface area contributed by atoms with Crippen molar-refractivity contribution in [2.45, 2.75) is 6.54 Å². The predicted molar refractivity (Wildman–Crippen MR) is 82.1 cm³/mol. The van der Waals surface area contributed by atoms with Crippen LogP contribution in [0.4, 0.5) is 5.69 Å². The maximum absolute atomic E-state index is 5.32. The minimum Gasteiger partial charge on any atom is -0.495 e. The number of rotatable bonds is 4. The monoisotopic (exact) mass is 264 g/mol. The van der Waals surface area contributed by atoms with Crippen molar-refractivity contribution in [1.29, 1.82) is 0 Å². The first-order chi connectivity index (χ1) is 9.86. The van der Waals surface area contributed by atoms with E-state index < -0.39 is 0 Å². The number of ether oxygens (including phenoxy) is 1. The Labute approximate surface area is 118 Å². The van der Waals surface area contributed by atoms with Crippen molar-refractivity contribution in [2.75, 3.05) is 12.4 Å². The lowest BCUT2D eigenvalue weighted by atomic mass is 10.2. The van der Waals surface area contributed by atoms with Gasteiger partial charge in [0.15, 0.2) is 0 Å². The second kappa shape index (κ2) is 5.61. The van der Waals surface area contributed by atoms with Crippen LogP contribution in [0.15, 0.2) is 60.7 Å². The summed E-state index contributed by atoms with van der Waals surface area (Å²) in [5, 5.41) is 4.52. The molecule has 0 atom stereocenters. The van der Waals surface area contributed by atoms with E-state index in [-0.39, 0.29) is 0 Å². The van der Waals surface area contributed by atoms with Crippen LogP contribution in [-0.2, 0) is 6.54 Å². The highest BCUT2D eigenvalue weighted by molar-refractivity contribution is 5.78. The topological polar surface area (TPSA) is 34.1 Å². The van der Waals surface area contributed by atoms with Crippen LogP contribution in [0.5, 0.6) is 5.75 Å². The molecule has 0 saturated carbocycles. The average Bonchev–Trinajstić information content (AvgIpc) is 2.53. The number of methoxy groups -OCH3 is 1. The summed E-state index contributed by atoms with van der Waals surface area (Å²) in [4.78, 5) is 4.64. The normalized spacial score (nSPS) is 10.4. The zero-order valence-corrected chi connectivity index (χ0v) is 11.3. The van der Waals surface area contributed by atoms with Crippen molar-refractivity contribution in [3.63, 3.8) is 0 Å². The van der Waals surface area contributed by atoms with Gasteiger partial charge >= 0.3 is 0 Å². The Morgan fingerprint density at radius 2 is 1.75 bits per heavy atom. The van der Waals surface area contributed by atoms with Gasteiger partial charge in [0.2, 0.25) is 0 Å². The highest BCUT2D eigenvalue weighted by Gasteiger charge is 2.02. The van der Waals surface area contributed by atoms with Gasteiger partial charge in [-0.1, -0.05) is 36.4 Å². The van der Waals surface area contributed by atoms with E-state index in [4.69, 9.17) is 4.74 Å². The predicted octanol–water partition coefficient (Wildman–Crippen LogP) is 3.86. The molecule has 3 rings (SSSR count). The van der Waals surface area contributed by atoms with E-state index in [9.17, 15) is 0 Å². The van der Waals surface area contributed by atoms with Crippen LogP contribution in [0.2, 0.25) is 0 Å². The van der Waals surface area contributed by atoms with Crippen LogP contribution in [0.1, 0.15) is 5.69 Å². The van der Waals surface area contributed by atoms with Gasteiger partial charge in [-0.2, -0.15) is 0 Å². The molecule has 0 saturated heterocycles. The molecule has 100 valence electrons. The summed E-state index contributed by atoms with van der Waals surface area (Å²) in [7, 11) is 1.68. The summed E-state index contributed by atoms with van der Waals surface area (Å²) in [6.07, 6.45) is 0. The van der Waals surface area contributed by atoms with Gasteiger partial charge in [-0.25, -0.2) is 0 Å². The highest BCUT2D eigenvalue weighted by atomic mass is 16.5. The molecule has 2 aromatic carbocycles. The lowest BCUT2D eigenvalue weighted by Gasteiger charge is -2.10. The van der Waals surface area contributed by atoms with Gasteiger partial charge in [0.05, 0.1) is 30.6 Å². The van der Waals surface area contributed by atoms with Gasteiger partial charge < -0.3 is 10.1 Å². The molecule has 0 aliphatic rings. The number of nitrogens with one attached hydrogen (secondary N) is 1. The zero-order valence-electron chi connectivity index (χ0n) is 11.3. The van der Waals surface area contributed by atoms with Crippen LogP contribution < -0.4 is 10.1 Å². The van der Waals surface area contributed by atoms with Gasteiger partial charge in [0.25, 0.3) is 0 Å². The minimum atomic E-state index is 0.672. The van der Waals surface area contributed by atoms with Crippen molar-refractivity contribution >= 4 is 16.6 Å². The number of anilines is 1. The van der Waals surface area contributed by atoms with Crippen molar-refractivity contribution in [1.82, 2.24) is 4.98 Å². The number of fused-ring (bicyclic) bond motifs is 1.